The number of anilines is 1. The summed E-state index contributed by atoms with van der Waals surface area (Å²) in [7, 11) is 4.09. The number of hydrogen-bond acceptors (Lipinski definition) is 3. The maximum Gasteiger partial charge on any atom is 0.114 e. The summed E-state index contributed by atoms with van der Waals surface area (Å²) in [6.07, 6.45) is 0.172. The van der Waals surface area contributed by atoms with E-state index in [1.165, 1.54) is 11.3 Å². The third-order valence-electron chi connectivity index (χ3n) is 2.93. The Labute approximate surface area is 97.4 Å². The average molecular weight is 220 g/mol. The molecule has 1 fully saturated rings. The first-order chi connectivity index (χ1) is 7.48. The number of rotatable bonds is 2. The standard InChI is InChI=1S/C13H20N2O/c1-13(2)14-9-12(16-13)10-5-7-11(8-6-10)15(3)4/h5-8,12,14H,9H2,1-4H3. The molecule has 0 spiro atoms. The molecule has 1 saturated heterocycles. The maximum atomic E-state index is 5.91. The molecule has 0 radical (unpaired) electrons. The second-order valence-corrected chi connectivity index (χ2v) is 4.98. The molecule has 16 heavy (non-hydrogen) atoms. The number of benzene rings is 1. The predicted molar refractivity (Wildman–Crippen MR) is 66.7 cm³/mol. The van der Waals surface area contributed by atoms with Gasteiger partial charge in [0.15, 0.2) is 0 Å². The Kier molecular flexibility index (Phi) is 2.91. The largest absolute Gasteiger partial charge is 0.378 e. The molecule has 2 rings (SSSR count). The van der Waals surface area contributed by atoms with Crippen molar-refractivity contribution < 1.29 is 4.74 Å². The minimum absolute atomic E-state index is 0.172. The van der Waals surface area contributed by atoms with Crippen LogP contribution in [0.2, 0.25) is 0 Å². The molecule has 3 nitrogen and oxygen atoms in total. The molecule has 1 N–H and O–H groups in total. The van der Waals surface area contributed by atoms with Gasteiger partial charge in [0.2, 0.25) is 0 Å². The second kappa shape index (κ2) is 4.07. The normalized spacial score (nSPS) is 23.4. The predicted octanol–water partition coefficient (Wildman–Crippen LogP) is 2.15. The summed E-state index contributed by atoms with van der Waals surface area (Å²) < 4.78 is 5.91. The van der Waals surface area contributed by atoms with Crippen LogP contribution in [0.4, 0.5) is 5.69 Å². The molecule has 0 amide bonds. The number of ether oxygens (including phenoxy) is 1. The Bertz CT molecular complexity index is 357. The van der Waals surface area contributed by atoms with E-state index in [-0.39, 0.29) is 11.8 Å². The van der Waals surface area contributed by atoms with Gasteiger partial charge < -0.3 is 9.64 Å². The van der Waals surface area contributed by atoms with E-state index in [0.29, 0.717) is 0 Å². The number of hydrogen-bond donors (Lipinski definition) is 1. The summed E-state index contributed by atoms with van der Waals surface area (Å²) in [5, 5.41) is 3.35. The molecule has 1 aliphatic heterocycles. The molecular weight excluding hydrogens is 200 g/mol. The van der Waals surface area contributed by atoms with Gasteiger partial charge in [-0.2, -0.15) is 0 Å². The molecule has 1 atom stereocenters. The van der Waals surface area contributed by atoms with E-state index in [2.05, 4.69) is 48.3 Å². The minimum atomic E-state index is -0.203. The number of nitrogens with zero attached hydrogens (tertiary/aromatic N) is 1. The minimum Gasteiger partial charge on any atom is -0.378 e. The van der Waals surface area contributed by atoms with Gasteiger partial charge in [-0.05, 0) is 31.5 Å². The van der Waals surface area contributed by atoms with Crippen molar-refractivity contribution in [2.24, 2.45) is 0 Å². The highest BCUT2D eigenvalue weighted by atomic mass is 16.5. The van der Waals surface area contributed by atoms with Gasteiger partial charge in [0.1, 0.15) is 5.72 Å². The monoisotopic (exact) mass is 220 g/mol. The van der Waals surface area contributed by atoms with Gasteiger partial charge in [-0.25, -0.2) is 0 Å². The van der Waals surface area contributed by atoms with Crippen LogP contribution in [0.3, 0.4) is 0 Å². The maximum absolute atomic E-state index is 5.91. The lowest BCUT2D eigenvalue weighted by Gasteiger charge is -2.19. The molecule has 0 saturated carbocycles. The van der Waals surface area contributed by atoms with E-state index in [1.54, 1.807) is 0 Å². The summed E-state index contributed by atoms with van der Waals surface area (Å²) in [6, 6.07) is 8.54. The van der Waals surface area contributed by atoms with E-state index in [0.717, 1.165) is 6.54 Å². The van der Waals surface area contributed by atoms with Gasteiger partial charge in [0.05, 0.1) is 6.10 Å². The van der Waals surface area contributed by atoms with Crippen molar-refractivity contribution in [1.29, 1.82) is 0 Å². The summed E-state index contributed by atoms with van der Waals surface area (Å²) in [5.41, 5.74) is 2.25. The summed E-state index contributed by atoms with van der Waals surface area (Å²) >= 11 is 0. The van der Waals surface area contributed by atoms with Crippen LogP contribution >= 0.6 is 0 Å². The zero-order chi connectivity index (χ0) is 11.8. The van der Waals surface area contributed by atoms with E-state index in [1.807, 2.05) is 14.1 Å². The Morgan fingerprint density at radius 2 is 1.88 bits per heavy atom. The van der Waals surface area contributed by atoms with Crippen molar-refractivity contribution in [2.45, 2.75) is 25.7 Å². The zero-order valence-electron chi connectivity index (χ0n) is 10.4. The van der Waals surface area contributed by atoms with Crippen LogP contribution in [0.25, 0.3) is 0 Å². The molecule has 1 aromatic rings. The van der Waals surface area contributed by atoms with Crippen molar-refractivity contribution in [3.05, 3.63) is 29.8 Å². The highest BCUT2D eigenvalue weighted by Crippen LogP contribution is 2.29. The second-order valence-electron chi connectivity index (χ2n) is 4.98. The van der Waals surface area contributed by atoms with Crippen LogP contribution in [0.5, 0.6) is 0 Å². The van der Waals surface area contributed by atoms with Gasteiger partial charge in [-0.1, -0.05) is 12.1 Å². The molecule has 1 heterocycles. The third kappa shape index (κ3) is 2.36. The molecule has 0 aliphatic carbocycles. The van der Waals surface area contributed by atoms with Crippen molar-refractivity contribution in [3.63, 3.8) is 0 Å². The van der Waals surface area contributed by atoms with Gasteiger partial charge >= 0.3 is 0 Å². The molecule has 1 aliphatic rings. The van der Waals surface area contributed by atoms with E-state index in [4.69, 9.17) is 4.74 Å². The van der Waals surface area contributed by atoms with Gasteiger partial charge in [0.25, 0.3) is 0 Å². The molecule has 1 unspecified atom stereocenters. The molecule has 0 bridgehead atoms. The molecule has 3 heteroatoms. The first kappa shape index (κ1) is 11.4. The van der Waals surface area contributed by atoms with E-state index in [9.17, 15) is 0 Å². The lowest BCUT2D eigenvalue weighted by atomic mass is 10.1. The van der Waals surface area contributed by atoms with Gasteiger partial charge in [-0.15, -0.1) is 0 Å². The molecule has 1 aromatic carbocycles. The Morgan fingerprint density at radius 3 is 2.31 bits per heavy atom. The topological polar surface area (TPSA) is 24.5 Å². The fraction of sp³-hybridized carbons (Fsp3) is 0.538. The van der Waals surface area contributed by atoms with E-state index < -0.39 is 0 Å². The molecular formula is C13H20N2O. The number of nitrogens with one attached hydrogen (secondary N) is 1. The SMILES string of the molecule is CN(C)c1ccc(C2CNC(C)(C)O2)cc1. The van der Waals surface area contributed by atoms with Crippen LogP contribution in [0.1, 0.15) is 25.5 Å². The molecule has 88 valence electrons. The third-order valence-corrected chi connectivity index (χ3v) is 2.93. The van der Waals surface area contributed by atoms with Crippen LogP contribution in [-0.2, 0) is 4.74 Å². The fourth-order valence-electron chi connectivity index (χ4n) is 1.95. The van der Waals surface area contributed by atoms with Crippen molar-refractivity contribution in [2.75, 3.05) is 25.5 Å². The van der Waals surface area contributed by atoms with Crippen molar-refractivity contribution >= 4 is 5.69 Å². The van der Waals surface area contributed by atoms with Crippen molar-refractivity contribution in [3.8, 4) is 0 Å². The van der Waals surface area contributed by atoms with Crippen LogP contribution < -0.4 is 10.2 Å². The first-order valence-corrected chi connectivity index (χ1v) is 5.68. The summed E-state index contributed by atoms with van der Waals surface area (Å²) in [5.74, 6) is 0. The Hall–Kier alpha value is -1.06. The van der Waals surface area contributed by atoms with Crippen LogP contribution in [-0.4, -0.2) is 26.4 Å². The average Bonchev–Trinajstić information content (AvgIpc) is 2.59. The smallest absolute Gasteiger partial charge is 0.114 e. The fourth-order valence-corrected chi connectivity index (χ4v) is 1.95. The van der Waals surface area contributed by atoms with Gasteiger partial charge in [-0.3, -0.25) is 5.32 Å². The highest BCUT2D eigenvalue weighted by molar-refractivity contribution is 5.46. The van der Waals surface area contributed by atoms with Crippen molar-refractivity contribution in [1.82, 2.24) is 5.32 Å². The highest BCUT2D eigenvalue weighted by Gasteiger charge is 2.31. The molecule has 0 aromatic heterocycles. The Balaban J connectivity index is 2.11. The quantitative estimate of drug-likeness (QED) is 0.826. The first-order valence-electron chi connectivity index (χ1n) is 5.68. The summed E-state index contributed by atoms with van der Waals surface area (Å²) in [6.45, 7) is 5.00. The lowest BCUT2D eigenvalue weighted by Crippen LogP contribution is -2.33. The Morgan fingerprint density at radius 1 is 1.25 bits per heavy atom. The van der Waals surface area contributed by atoms with Crippen LogP contribution in [0.15, 0.2) is 24.3 Å². The lowest BCUT2D eigenvalue weighted by molar-refractivity contribution is -0.0240. The van der Waals surface area contributed by atoms with Gasteiger partial charge in [0, 0.05) is 26.3 Å². The summed E-state index contributed by atoms with van der Waals surface area (Å²) in [4.78, 5) is 2.10. The zero-order valence-corrected chi connectivity index (χ0v) is 10.4. The van der Waals surface area contributed by atoms with Crippen LogP contribution in [0, 0.1) is 0 Å². The van der Waals surface area contributed by atoms with E-state index >= 15 is 0 Å².